The van der Waals surface area contributed by atoms with Crippen molar-refractivity contribution < 1.29 is 13.2 Å². The van der Waals surface area contributed by atoms with E-state index < -0.39 is 15.9 Å². The van der Waals surface area contributed by atoms with Gasteiger partial charge in [0.15, 0.2) is 0 Å². The molecule has 118 valence electrons. The van der Waals surface area contributed by atoms with Gasteiger partial charge in [0.1, 0.15) is 6.07 Å². The molecule has 0 saturated heterocycles. The molecular formula is C16H15N3O3S. The van der Waals surface area contributed by atoms with E-state index in [1.807, 2.05) is 6.07 Å². The highest BCUT2D eigenvalue weighted by Crippen LogP contribution is 2.15. The van der Waals surface area contributed by atoms with Gasteiger partial charge in [-0.15, -0.1) is 0 Å². The summed E-state index contributed by atoms with van der Waals surface area (Å²) in [6.07, 6.45) is 0. The molecule has 0 atom stereocenters. The number of para-hydroxylation sites is 1. The molecule has 0 aliphatic heterocycles. The molecule has 7 heteroatoms. The average Bonchev–Trinajstić information content (AvgIpc) is 2.56. The second-order valence-corrected chi connectivity index (χ2v) is 6.82. The standard InChI is InChI=1S/C16H15N3O3S/c1-19(23(21,22)14-8-3-2-4-9-14)12-16(20)18-15-10-6-5-7-13(15)11-17/h2-10H,12H2,1H3,(H,18,20). The van der Waals surface area contributed by atoms with Crippen LogP contribution in [0.25, 0.3) is 0 Å². The predicted molar refractivity (Wildman–Crippen MR) is 86.0 cm³/mol. The van der Waals surface area contributed by atoms with Crippen molar-refractivity contribution in [2.24, 2.45) is 0 Å². The normalized spacial score (nSPS) is 11.0. The van der Waals surface area contributed by atoms with Gasteiger partial charge in [-0.3, -0.25) is 4.79 Å². The van der Waals surface area contributed by atoms with E-state index in [0.717, 1.165) is 4.31 Å². The Labute approximate surface area is 135 Å². The first-order valence-corrected chi connectivity index (χ1v) is 8.19. The third-order valence-corrected chi connectivity index (χ3v) is 4.96. The highest BCUT2D eigenvalue weighted by atomic mass is 32.2. The van der Waals surface area contributed by atoms with E-state index >= 15 is 0 Å². The molecule has 2 aromatic rings. The molecule has 2 rings (SSSR count). The number of nitriles is 1. The maximum absolute atomic E-state index is 12.3. The predicted octanol–water partition coefficient (Wildman–Crippen LogP) is 1.82. The lowest BCUT2D eigenvalue weighted by Crippen LogP contribution is -2.35. The summed E-state index contributed by atoms with van der Waals surface area (Å²) in [6.45, 7) is -0.350. The van der Waals surface area contributed by atoms with Gasteiger partial charge in [0.25, 0.3) is 0 Å². The Morgan fingerprint density at radius 1 is 1.13 bits per heavy atom. The van der Waals surface area contributed by atoms with Gasteiger partial charge in [0.2, 0.25) is 15.9 Å². The third-order valence-electron chi connectivity index (χ3n) is 3.14. The first-order valence-electron chi connectivity index (χ1n) is 6.75. The van der Waals surface area contributed by atoms with Gasteiger partial charge in [-0.25, -0.2) is 8.42 Å². The Hall–Kier alpha value is -2.69. The van der Waals surface area contributed by atoms with Gasteiger partial charge in [-0.2, -0.15) is 9.57 Å². The number of carbonyl (C=O) groups excluding carboxylic acids is 1. The van der Waals surface area contributed by atoms with Crippen molar-refractivity contribution in [2.75, 3.05) is 18.9 Å². The summed E-state index contributed by atoms with van der Waals surface area (Å²) >= 11 is 0. The first kappa shape index (κ1) is 16.7. The van der Waals surface area contributed by atoms with Gasteiger partial charge < -0.3 is 5.32 Å². The van der Waals surface area contributed by atoms with Crippen LogP contribution in [0.2, 0.25) is 0 Å². The number of nitrogens with zero attached hydrogens (tertiary/aromatic N) is 2. The quantitative estimate of drug-likeness (QED) is 0.906. The molecule has 0 fully saturated rings. The average molecular weight is 329 g/mol. The van der Waals surface area contributed by atoms with Crippen LogP contribution in [-0.4, -0.2) is 32.2 Å². The molecule has 0 saturated carbocycles. The lowest BCUT2D eigenvalue weighted by Gasteiger charge is -2.17. The molecule has 2 aromatic carbocycles. The molecule has 6 nitrogen and oxygen atoms in total. The summed E-state index contributed by atoms with van der Waals surface area (Å²) < 4.78 is 25.6. The first-order chi connectivity index (χ1) is 10.9. The zero-order valence-electron chi connectivity index (χ0n) is 12.4. The molecule has 0 aromatic heterocycles. The number of likely N-dealkylation sites (N-methyl/N-ethyl adjacent to an activating group) is 1. The van der Waals surface area contributed by atoms with Gasteiger partial charge in [-0.1, -0.05) is 30.3 Å². The second-order valence-electron chi connectivity index (χ2n) is 4.78. The van der Waals surface area contributed by atoms with E-state index in [2.05, 4.69) is 5.32 Å². The third kappa shape index (κ3) is 3.94. The van der Waals surface area contributed by atoms with Crippen molar-refractivity contribution in [1.29, 1.82) is 5.26 Å². The number of nitrogens with one attached hydrogen (secondary N) is 1. The summed E-state index contributed by atoms with van der Waals surface area (Å²) in [5, 5.41) is 11.5. The Bertz CT molecular complexity index is 842. The van der Waals surface area contributed by atoms with Crippen molar-refractivity contribution in [3.05, 3.63) is 60.2 Å². The van der Waals surface area contributed by atoms with E-state index in [0.29, 0.717) is 11.3 Å². The van der Waals surface area contributed by atoms with Crippen LogP contribution in [0.15, 0.2) is 59.5 Å². The van der Waals surface area contributed by atoms with Crippen LogP contribution in [0.1, 0.15) is 5.56 Å². The number of benzene rings is 2. The number of amides is 1. The number of sulfonamides is 1. The van der Waals surface area contributed by atoms with Crippen molar-refractivity contribution in [1.82, 2.24) is 4.31 Å². The summed E-state index contributed by atoms with van der Waals surface area (Å²) in [4.78, 5) is 12.2. The number of rotatable bonds is 5. The molecule has 0 aliphatic rings. The minimum Gasteiger partial charge on any atom is -0.324 e. The zero-order valence-corrected chi connectivity index (χ0v) is 13.2. The van der Waals surface area contributed by atoms with E-state index in [1.165, 1.54) is 19.2 Å². The lowest BCUT2D eigenvalue weighted by atomic mass is 10.2. The molecule has 1 amide bonds. The Morgan fingerprint density at radius 2 is 1.74 bits per heavy atom. The minimum atomic E-state index is -3.73. The maximum Gasteiger partial charge on any atom is 0.243 e. The fourth-order valence-electron chi connectivity index (χ4n) is 1.94. The number of hydrogen-bond donors (Lipinski definition) is 1. The van der Waals surface area contributed by atoms with Crippen molar-refractivity contribution in [3.8, 4) is 6.07 Å². The fourth-order valence-corrected chi connectivity index (χ4v) is 3.09. The van der Waals surface area contributed by atoms with Crippen LogP contribution >= 0.6 is 0 Å². The minimum absolute atomic E-state index is 0.118. The van der Waals surface area contributed by atoms with Crippen molar-refractivity contribution in [2.45, 2.75) is 4.90 Å². The number of carbonyl (C=O) groups is 1. The van der Waals surface area contributed by atoms with Gasteiger partial charge in [0, 0.05) is 7.05 Å². The molecule has 0 bridgehead atoms. The molecule has 0 heterocycles. The summed E-state index contributed by atoms with van der Waals surface area (Å²) in [5.74, 6) is -0.519. The van der Waals surface area contributed by atoms with Crippen molar-refractivity contribution >= 4 is 21.6 Å². The second kappa shape index (κ2) is 7.05. The molecule has 0 spiro atoms. The Kier molecular flexibility index (Phi) is 5.11. The number of hydrogen-bond acceptors (Lipinski definition) is 4. The highest BCUT2D eigenvalue weighted by Gasteiger charge is 2.22. The van der Waals surface area contributed by atoms with Gasteiger partial charge in [-0.05, 0) is 24.3 Å². The van der Waals surface area contributed by atoms with Crippen LogP contribution in [0.3, 0.4) is 0 Å². The van der Waals surface area contributed by atoms with Crippen LogP contribution in [0, 0.1) is 11.3 Å². The van der Waals surface area contributed by atoms with E-state index in [4.69, 9.17) is 5.26 Å². The topological polar surface area (TPSA) is 90.3 Å². The van der Waals surface area contributed by atoms with E-state index in [9.17, 15) is 13.2 Å². The van der Waals surface area contributed by atoms with Crippen LogP contribution < -0.4 is 5.32 Å². The summed E-state index contributed by atoms with van der Waals surface area (Å²) in [5.41, 5.74) is 0.667. The molecule has 0 unspecified atom stereocenters. The zero-order chi connectivity index (χ0) is 16.9. The smallest absolute Gasteiger partial charge is 0.243 e. The SMILES string of the molecule is CN(CC(=O)Nc1ccccc1C#N)S(=O)(=O)c1ccccc1. The van der Waals surface area contributed by atoms with Gasteiger partial charge in [0.05, 0.1) is 22.7 Å². The van der Waals surface area contributed by atoms with E-state index in [-0.39, 0.29) is 11.4 Å². The lowest BCUT2D eigenvalue weighted by molar-refractivity contribution is -0.116. The largest absolute Gasteiger partial charge is 0.324 e. The molecule has 0 aliphatic carbocycles. The Morgan fingerprint density at radius 3 is 2.39 bits per heavy atom. The number of anilines is 1. The Balaban J connectivity index is 2.10. The molecule has 1 N–H and O–H groups in total. The molecular weight excluding hydrogens is 314 g/mol. The summed E-state index contributed by atoms with van der Waals surface area (Å²) in [7, 11) is -2.40. The molecule has 23 heavy (non-hydrogen) atoms. The summed E-state index contributed by atoms with van der Waals surface area (Å²) in [6, 6.07) is 16.4. The van der Waals surface area contributed by atoms with Crippen molar-refractivity contribution in [3.63, 3.8) is 0 Å². The van der Waals surface area contributed by atoms with E-state index in [1.54, 1.807) is 42.5 Å². The van der Waals surface area contributed by atoms with Crippen LogP contribution in [0.5, 0.6) is 0 Å². The highest BCUT2D eigenvalue weighted by molar-refractivity contribution is 7.89. The fraction of sp³-hybridized carbons (Fsp3) is 0.125. The maximum atomic E-state index is 12.3. The van der Waals surface area contributed by atoms with Crippen LogP contribution in [0.4, 0.5) is 5.69 Å². The van der Waals surface area contributed by atoms with Gasteiger partial charge >= 0.3 is 0 Å². The van der Waals surface area contributed by atoms with Crippen LogP contribution in [-0.2, 0) is 14.8 Å². The molecule has 0 radical (unpaired) electrons. The monoisotopic (exact) mass is 329 g/mol.